The molecule has 2 aliphatic heterocycles. The number of aryl methyl sites for hydroxylation is 1. The maximum absolute atomic E-state index is 11.0. The van der Waals surface area contributed by atoms with Gasteiger partial charge in [-0.15, -0.1) is 0 Å². The first-order chi connectivity index (χ1) is 13.5. The molecular formula is C19H21NO7S. The zero-order valence-electron chi connectivity index (χ0n) is 15.3. The third-order valence-electron chi connectivity index (χ3n) is 4.05. The van der Waals surface area contributed by atoms with E-state index in [9.17, 15) is 13.2 Å². The summed E-state index contributed by atoms with van der Waals surface area (Å²) in [5.41, 5.74) is 0.965. The van der Waals surface area contributed by atoms with Gasteiger partial charge in [0.05, 0.1) is 19.4 Å². The molecule has 9 heteroatoms. The van der Waals surface area contributed by atoms with Crippen molar-refractivity contribution in [3.05, 3.63) is 54.1 Å². The number of carbonyl (C=O) groups excluding carboxylic acids is 1. The Hall–Kier alpha value is -2.94. The molecule has 0 aliphatic carbocycles. The lowest BCUT2D eigenvalue weighted by molar-refractivity contribution is 0.103. The molecule has 0 radical (unpaired) electrons. The number of cyclic esters (lactones) is 1. The number of hydrogen-bond acceptors (Lipinski definition) is 7. The van der Waals surface area contributed by atoms with Gasteiger partial charge in [-0.25, -0.2) is 4.79 Å². The van der Waals surface area contributed by atoms with Crippen LogP contribution in [0, 0.1) is 0 Å². The fourth-order valence-electron chi connectivity index (χ4n) is 2.65. The van der Waals surface area contributed by atoms with Crippen molar-refractivity contribution < 1.29 is 31.6 Å². The van der Waals surface area contributed by atoms with Crippen molar-refractivity contribution in [1.82, 2.24) is 5.32 Å². The Morgan fingerprint density at radius 3 is 2.54 bits per heavy atom. The molecule has 0 saturated carbocycles. The highest BCUT2D eigenvalue weighted by Crippen LogP contribution is 2.26. The van der Waals surface area contributed by atoms with E-state index in [4.69, 9.17) is 18.4 Å². The van der Waals surface area contributed by atoms with Gasteiger partial charge in [0.2, 0.25) is 0 Å². The first-order valence-electron chi connectivity index (χ1n) is 8.67. The van der Waals surface area contributed by atoms with Gasteiger partial charge in [0.25, 0.3) is 0 Å². The van der Waals surface area contributed by atoms with Crippen LogP contribution in [0.2, 0.25) is 0 Å². The molecule has 150 valence electrons. The van der Waals surface area contributed by atoms with Crippen LogP contribution < -0.4 is 19.0 Å². The summed E-state index contributed by atoms with van der Waals surface area (Å²) in [4.78, 5) is 10.8. The van der Waals surface area contributed by atoms with Crippen LogP contribution >= 0.6 is 0 Å². The maximum atomic E-state index is 11.0. The predicted molar refractivity (Wildman–Crippen MR) is 101 cm³/mol. The highest BCUT2D eigenvalue weighted by atomic mass is 32.2. The van der Waals surface area contributed by atoms with Gasteiger partial charge in [-0.2, -0.15) is 8.42 Å². The average Bonchev–Trinajstić information content (AvgIpc) is 3.11. The summed E-state index contributed by atoms with van der Waals surface area (Å²) in [5, 5.41) is 2.56. The number of para-hydroxylation sites is 3. The summed E-state index contributed by atoms with van der Waals surface area (Å²) >= 11 is 0. The Morgan fingerprint density at radius 2 is 1.82 bits per heavy atom. The summed E-state index contributed by atoms with van der Waals surface area (Å²) in [7, 11) is -1.71. The molecule has 0 spiro atoms. The van der Waals surface area contributed by atoms with Gasteiger partial charge in [0.15, 0.2) is 17.6 Å². The molecule has 28 heavy (non-hydrogen) atoms. The molecule has 1 amide bonds. The lowest BCUT2D eigenvalue weighted by atomic mass is 10.1. The third-order valence-corrected chi connectivity index (χ3v) is 5.19. The number of methoxy groups -OCH3 is 1. The van der Waals surface area contributed by atoms with Gasteiger partial charge in [-0.1, -0.05) is 30.3 Å². The number of alkyl carbamates (subject to hydrolysis) is 1. The standard InChI is InChI=1S/C11H13NO4.C8H8O3S/c1-14-9-4-2-3-5-10(9)15-7-8-6-12-11(13)16-8;9-12(10)6-5-7-3-1-2-4-8(7)11-12/h2-5,8H,6-7H2,1H3,(H,12,13);1-4H,5-6H2. The summed E-state index contributed by atoms with van der Waals surface area (Å²) in [6, 6.07) is 14.5. The largest absolute Gasteiger partial charge is 0.493 e. The Balaban J connectivity index is 0.000000167. The SMILES string of the molecule is COc1ccccc1OCC1CNC(=O)O1.O=S1(=O)CCc2ccccc2O1. The Kier molecular flexibility index (Phi) is 6.25. The minimum atomic E-state index is -3.30. The number of amides is 1. The van der Waals surface area contributed by atoms with Crippen molar-refractivity contribution in [2.45, 2.75) is 12.5 Å². The number of nitrogens with one attached hydrogen (secondary N) is 1. The number of benzene rings is 2. The second kappa shape index (κ2) is 8.83. The van der Waals surface area contributed by atoms with E-state index in [1.54, 1.807) is 19.2 Å². The quantitative estimate of drug-likeness (QED) is 0.775. The van der Waals surface area contributed by atoms with Gasteiger partial charge >= 0.3 is 16.2 Å². The minimum Gasteiger partial charge on any atom is -0.493 e. The van der Waals surface area contributed by atoms with Gasteiger partial charge in [-0.3, -0.25) is 0 Å². The summed E-state index contributed by atoms with van der Waals surface area (Å²) in [5.74, 6) is 1.88. The van der Waals surface area contributed by atoms with Gasteiger partial charge < -0.3 is 23.7 Å². The van der Waals surface area contributed by atoms with E-state index in [0.29, 0.717) is 36.8 Å². The van der Waals surface area contributed by atoms with Crippen molar-refractivity contribution in [1.29, 1.82) is 0 Å². The number of rotatable bonds is 4. The number of carbonyl (C=O) groups is 1. The first kappa shape index (κ1) is 19.8. The van der Waals surface area contributed by atoms with Crippen molar-refractivity contribution in [3.8, 4) is 17.2 Å². The van der Waals surface area contributed by atoms with Crippen LogP contribution in [0.1, 0.15) is 5.56 Å². The third kappa shape index (κ3) is 5.29. The molecule has 0 aromatic heterocycles. The van der Waals surface area contributed by atoms with Crippen LogP contribution in [0.25, 0.3) is 0 Å². The summed E-state index contributed by atoms with van der Waals surface area (Å²) in [6.07, 6.45) is -0.0792. The molecule has 4 rings (SSSR count). The number of fused-ring (bicyclic) bond motifs is 1. The average molecular weight is 407 g/mol. The molecule has 1 unspecified atom stereocenters. The van der Waals surface area contributed by atoms with Crippen LogP contribution in [0.4, 0.5) is 4.79 Å². The highest BCUT2D eigenvalue weighted by molar-refractivity contribution is 7.87. The molecule has 1 fully saturated rings. The second-order valence-corrected chi connectivity index (χ2v) is 7.76. The topological polar surface area (TPSA) is 100 Å². The molecule has 2 aromatic rings. The van der Waals surface area contributed by atoms with E-state index in [0.717, 1.165) is 5.56 Å². The fourth-order valence-corrected chi connectivity index (χ4v) is 3.64. The second-order valence-electron chi connectivity index (χ2n) is 6.07. The van der Waals surface area contributed by atoms with Crippen LogP contribution in [-0.2, 0) is 21.3 Å². The van der Waals surface area contributed by atoms with E-state index in [1.165, 1.54) is 0 Å². The Bertz CT molecular complexity index is 929. The smallest absolute Gasteiger partial charge is 0.407 e. The number of ether oxygens (including phenoxy) is 3. The van der Waals surface area contributed by atoms with Crippen molar-refractivity contribution in [2.24, 2.45) is 0 Å². The predicted octanol–water partition coefficient (Wildman–Crippen LogP) is 2.13. The van der Waals surface area contributed by atoms with Crippen LogP contribution in [0.3, 0.4) is 0 Å². The Morgan fingerprint density at radius 1 is 1.11 bits per heavy atom. The fraction of sp³-hybridized carbons (Fsp3) is 0.316. The van der Waals surface area contributed by atoms with Crippen LogP contribution in [0.15, 0.2) is 48.5 Å². The van der Waals surface area contributed by atoms with Gasteiger partial charge in [0.1, 0.15) is 12.4 Å². The first-order valence-corrected chi connectivity index (χ1v) is 10.2. The van der Waals surface area contributed by atoms with Crippen molar-refractivity contribution in [2.75, 3.05) is 26.0 Å². The molecule has 1 saturated heterocycles. The molecule has 0 bridgehead atoms. The van der Waals surface area contributed by atoms with E-state index in [2.05, 4.69) is 5.32 Å². The lowest BCUT2D eigenvalue weighted by Gasteiger charge is -2.15. The summed E-state index contributed by atoms with van der Waals surface area (Å²) in [6.45, 7) is 0.799. The molecule has 8 nitrogen and oxygen atoms in total. The zero-order valence-corrected chi connectivity index (χ0v) is 16.1. The molecule has 2 heterocycles. The van der Waals surface area contributed by atoms with Crippen LogP contribution in [0.5, 0.6) is 17.2 Å². The van der Waals surface area contributed by atoms with Crippen LogP contribution in [-0.4, -0.2) is 46.6 Å². The van der Waals surface area contributed by atoms with Gasteiger partial charge in [-0.05, 0) is 30.2 Å². The minimum absolute atomic E-state index is 0.0873. The van der Waals surface area contributed by atoms with E-state index in [1.807, 2.05) is 36.4 Å². The van der Waals surface area contributed by atoms with Crippen molar-refractivity contribution in [3.63, 3.8) is 0 Å². The zero-order chi connectivity index (χ0) is 20.0. The monoisotopic (exact) mass is 407 g/mol. The molecule has 1 atom stereocenters. The molecule has 2 aliphatic rings. The molecule has 2 aromatic carbocycles. The lowest BCUT2D eigenvalue weighted by Crippen LogP contribution is -2.22. The normalized spacial score (nSPS) is 19.0. The van der Waals surface area contributed by atoms with Gasteiger partial charge in [0, 0.05) is 0 Å². The van der Waals surface area contributed by atoms with Crippen molar-refractivity contribution >= 4 is 16.2 Å². The highest BCUT2D eigenvalue weighted by Gasteiger charge is 2.23. The summed E-state index contributed by atoms with van der Waals surface area (Å²) < 4.78 is 42.4. The maximum Gasteiger partial charge on any atom is 0.407 e. The molecular weight excluding hydrogens is 386 g/mol. The molecule has 1 N–H and O–H groups in total. The van der Waals surface area contributed by atoms with E-state index >= 15 is 0 Å². The Labute approximate surface area is 163 Å². The number of hydrogen-bond donors (Lipinski definition) is 1. The van der Waals surface area contributed by atoms with E-state index in [-0.39, 0.29) is 11.9 Å². The van der Waals surface area contributed by atoms with E-state index < -0.39 is 16.2 Å².